The molecule has 3 aromatic rings. The van der Waals surface area contributed by atoms with E-state index in [1.165, 1.54) is 33.5 Å². The van der Waals surface area contributed by atoms with Gasteiger partial charge in [0.2, 0.25) is 11.7 Å². The highest BCUT2D eigenvalue weighted by Crippen LogP contribution is 2.39. The fourth-order valence-corrected chi connectivity index (χ4v) is 4.99. The molecule has 3 rings (SSSR count). The zero-order chi connectivity index (χ0) is 25.6. The first-order valence-corrected chi connectivity index (χ1v) is 12.4. The van der Waals surface area contributed by atoms with Crippen LogP contribution in [0.2, 0.25) is 5.02 Å². The molecule has 8 nitrogen and oxygen atoms in total. The van der Waals surface area contributed by atoms with Gasteiger partial charge in [0.25, 0.3) is 10.0 Å². The summed E-state index contributed by atoms with van der Waals surface area (Å²) in [5, 5.41) is 3.21. The molecule has 0 atom stereocenters. The van der Waals surface area contributed by atoms with E-state index in [0.717, 1.165) is 9.87 Å². The van der Waals surface area contributed by atoms with Crippen molar-refractivity contribution in [3.8, 4) is 17.2 Å². The van der Waals surface area contributed by atoms with E-state index >= 15 is 0 Å². The molecule has 35 heavy (non-hydrogen) atoms. The number of methoxy groups -OCH3 is 3. The Hall–Kier alpha value is -3.43. The molecular weight excluding hydrogens is 492 g/mol. The fourth-order valence-electron chi connectivity index (χ4n) is 3.44. The topological polar surface area (TPSA) is 94.2 Å². The molecular formula is C25H27ClN2O6S. The molecule has 0 aliphatic carbocycles. The Morgan fingerprint density at radius 1 is 0.886 bits per heavy atom. The normalized spacial score (nSPS) is 11.0. The molecule has 1 N–H and O–H groups in total. The first kappa shape index (κ1) is 26.2. The molecule has 0 bridgehead atoms. The Morgan fingerprint density at radius 3 is 2.09 bits per heavy atom. The van der Waals surface area contributed by atoms with E-state index in [4.69, 9.17) is 25.8 Å². The standard InChI is InChI=1S/C25H27ClN2O6S/c1-17-5-12-21(13-6-17)35(30,31)28(20-10-8-19(26)9-11-20)16-23(29)27-15-18-7-14-22(32-2)25(34-4)24(18)33-3/h5-14H,15-16H2,1-4H3,(H,27,29). The molecule has 0 heterocycles. The van der Waals surface area contributed by atoms with Crippen molar-refractivity contribution >= 4 is 33.2 Å². The molecule has 0 unspecified atom stereocenters. The van der Waals surface area contributed by atoms with Crippen LogP contribution in [0.1, 0.15) is 11.1 Å². The summed E-state index contributed by atoms with van der Waals surface area (Å²) in [5.41, 5.74) is 1.87. The number of nitrogens with one attached hydrogen (secondary N) is 1. The SMILES string of the molecule is COc1ccc(CNC(=O)CN(c2ccc(Cl)cc2)S(=O)(=O)c2ccc(C)cc2)c(OC)c1OC. The number of ether oxygens (including phenoxy) is 3. The van der Waals surface area contributed by atoms with E-state index in [0.29, 0.717) is 33.5 Å². The number of halogens is 1. The first-order chi connectivity index (χ1) is 16.7. The van der Waals surface area contributed by atoms with Crippen LogP contribution in [0.3, 0.4) is 0 Å². The second-order valence-electron chi connectivity index (χ2n) is 7.57. The lowest BCUT2D eigenvalue weighted by Gasteiger charge is -2.24. The van der Waals surface area contributed by atoms with Crippen molar-refractivity contribution in [2.75, 3.05) is 32.2 Å². The van der Waals surface area contributed by atoms with E-state index < -0.39 is 22.5 Å². The highest BCUT2D eigenvalue weighted by molar-refractivity contribution is 7.92. The summed E-state index contributed by atoms with van der Waals surface area (Å²) in [6.45, 7) is 1.51. The highest BCUT2D eigenvalue weighted by Gasteiger charge is 2.27. The van der Waals surface area contributed by atoms with E-state index in [2.05, 4.69) is 5.32 Å². The third-order valence-electron chi connectivity index (χ3n) is 5.27. The van der Waals surface area contributed by atoms with Crippen LogP contribution in [0, 0.1) is 6.92 Å². The summed E-state index contributed by atoms with van der Waals surface area (Å²) in [5.74, 6) is 0.783. The molecule has 10 heteroatoms. The maximum atomic E-state index is 13.5. The average molecular weight is 519 g/mol. The van der Waals surface area contributed by atoms with Crippen molar-refractivity contribution in [3.63, 3.8) is 0 Å². The van der Waals surface area contributed by atoms with Gasteiger partial charge >= 0.3 is 0 Å². The second kappa shape index (κ2) is 11.3. The van der Waals surface area contributed by atoms with Gasteiger partial charge in [-0.1, -0.05) is 29.3 Å². The molecule has 0 aromatic heterocycles. The molecule has 0 fully saturated rings. The Kier molecular flexibility index (Phi) is 8.48. The number of hydrogen-bond acceptors (Lipinski definition) is 6. The fraction of sp³-hybridized carbons (Fsp3) is 0.240. The average Bonchev–Trinajstić information content (AvgIpc) is 2.86. The van der Waals surface area contributed by atoms with E-state index in [9.17, 15) is 13.2 Å². The Labute approximate surface area is 210 Å². The van der Waals surface area contributed by atoms with E-state index in [-0.39, 0.29) is 11.4 Å². The zero-order valence-electron chi connectivity index (χ0n) is 19.9. The maximum absolute atomic E-state index is 13.5. The molecule has 186 valence electrons. The van der Waals surface area contributed by atoms with Crippen LogP contribution < -0.4 is 23.8 Å². The van der Waals surface area contributed by atoms with Crippen molar-refractivity contribution in [3.05, 3.63) is 76.8 Å². The third-order valence-corrected chi connectivity index (χ3v) is 7.31. The van der Waals surface area contributed by atoms with Crippen LogP contribution >= 0.6 is 11.6 Å². The third kappa shape index (κ3) is 5.98. The van der Waals surface area contributed by atoms with Crippen molar-refractivity contribution in [1.82, 2.24) is 5.32 Å². The van der Waals surface area contributed by atoms with Gasteiger partial charge < -0.3 is 19.5 Å². The largest absolute Gasteiger partial charge is 0.493 e. The van der Waals surface area contributed by atoms with Crippen molar-refractivity contribution < 1.29 is 27.4 Å². The summed E-state index contributed by atoms with van der Waals surface area (Å²) in [6.07, 6.45) is 0. The quantitative estimate of drug-likeness (QED) is 0.432. The minimum Gasteiger partial charge on any atom is -0.493 e. The number of anilines is 1. The van der Waals surface area contributed by atoms with Crippen LogP contribution in [-0.4, -0.2) is 42.2 Å². The summed E-state index contributed by atoms with van der Waals surface area (Å²) >= 11 is 5.98. The molecule has 1 amide bonds. The lowest BCUT2D eigenvalue weighted by atomic mass is 10.1. The number of nitrogens with zero attached hydrogens (tertiary/aromatic N) is 1. The first-order valence-electron chi connectivity index (χ1n) is 10.6. The highest BCUT2D eigenvalue weighted by atomic mass is 35.5. The van der Waals surface area contributed by atoms with Gasteiger partial charge in [-0.15, -0.1) is 0 Å². The molecule has 0 spiro atoms. The summed E-state index contributed by atoms with van der Waals surface area (Å²) in [6, 6.07) is 16.1. The molecule has 0 aliphatic rings. The maximum Gasteiger partial charge on any atom is 0.264 e. The van der Waals surface area contributed by atoms with Gasteiger partial charge in [0.05, 0.1) is 31.9 Å². The van der Waals surface area contributed by atoms with Crippen LogP contribution in [-0.2, 0) is 21.4 Å². The van der Waals surface area contributed by atoms with Gasteiger partial charge in [0.15, 0.2) is 11.5 Å². The molecule has 0 saturated carbocycles. The summed E-state index contributed by atoms with van der Waals surface area (Å²) in [7, 11) is 0.460. The minimum absolute atomic E-state index is 0.0763. The number of aryl methyl sites for hydroxylation is 1. The van der Waals surface area contributed by atoms with E-state index in [1.54, 1.807) is 48.5 Å². The molecule has 3 aromatic carbocycles. The molecule has 0 saturated heterocycles. The van der Waals surface area contributed by atoms with E-state index in [1.807, 2.05) is 6.92 Å². The van der Waals surface area contributed by atoms with Crippen molar-refractivity contribution in [1.29, 1.82) is 0 Å². The van der Waals surface area contributed by atoms with Crippen molar-refractivity contribution in [2.45, 2.75) is 18.4 Å². The van der Waals surface area contributed by atoms with Gasteiger partial charge in [-0.25, -0.2) is 8.42 Å². The monoisotopic (exact) mass is 518 g/mol. The number of benzene rings is 3. The van der Waals surface area contributed by atoms with Gasteiger partial charge in [0, 0.05) is 17.1 Å². The number of carbonyl (C=O) groups is 1. The van der Waals surface area contributed by atoms with Gasteiger partial charge in [-0.05, 0) is 55.5 Å². The van der Waals surface area contributed by atoms with Gasteiger partial charge in [-0.3, -0.25) is 9.10 Å². The number of amides is 1. The number of sulfonamides is 1. The Balaban J connectivity index is 1.86. The van der Waals surface area contributed by atoms with Gasteiger partial charge in [-0.2, -0.15) is 0 Å². The Bertz CT molecular complexity index is 1280. The van der Waals surface area contributed by atoms with Crippen LogP contribution in [0.4, 0.5) is 5.69 Å². The zero-order valence-corrected chi connectivity index (χ0v) is 21.4. The Morgan fingerprint density at radius 2 is 1.51 bits per heavy atom. The lowest BCUT2D eigenvalue weighted by molar-refractivity contribution is -0.119. The number of rotatable bonds is 10. The van der Waals surface area contributed by atoms with Crippen LogP contribution in [0.5, 0.6) is 17.2 Å². The van der Waals surface area contributed by atoms with Crippen LogP contribution in [0.25, 0.3) is 0 Å². The smallest absolute Gasteiger partial charge is 0.264 e. The van der Waals surface area contributed by atoms with Crippen LogP contribution in [0.15, 0.2) is 65.6 Å². The molecule has 0 radical (unpaired) electrons. The minimum atomic E-state index is -4.03. The second-order valence-corrected chi connectivity index (χ2v) is 9.87. The van der Waals surface area contributed by atoms with Gasteiger partial charge in [0.1, 0.15) is 6.54 Å². The predicted octanol–water partition coefficient (Wildman–Crippen LogP) is 4.19. The number of carbonyl (C=O) groups excluding carboxylic acids is 1. The summed E-state index contributed by atoms with van der Waals surface area (Å²) in [4.78, 5) is 13.0. The van der Waals surface area contributed by atoms with Crippen molar-refractivity contribution in [2.24, 2.45) is 0 Å². The predicted molar refractivity (Wildman–Crippen MR) is 135 cm³/mol. The lowest BCUT2D eigenvalue weighted by Crippen LogP contribution is -2.40. The summed E-state index contributed by atoms with van der Waals surface area (Å²) < 4.78 is 44.1. The number of hydrogen-bond donors (Lipinski definition) is 1. The molecule has 0 aliphatic heterocycles.